The Balaban J connectivity index is 2.03. The molecule has 0 saturated carbocycles. The van der Waals surface area contributed by atoms with Crippen LogP contribution in [0.2, 0.25) is 0 Å². The third kappa shape index (κ3) is 4.09. The van der Waals surface area contributed by atoms with Gasteiger partial charge in [-0.2, -0.15) is 0 Å². The van der Waals surface area contributed by atoms with Crippen LogP contribution >= 0.6 is 0 Å². The molecule has 2 amide bonds. The number of carbonyl (C=O) groups is 1. The van der Waals surface area contributed by atoms with Gasteiger partial charge in [-0.05, 0) is 37.5 Å². The van der Waals surface area contributed by atoms with Crippen LogP contribution in [-0.2, 0) is 0 Å². The SMILES string of the molecule is CCC(NC(=O)Nc1ccc(C)cc1C)c1ccccc1. The molecule has 0 spiro atoms. The van der Waals surface area contributed by atoms with Crippen molar-refractivity contribution < 1.29 is 4.79 Å². The highest BCUT2D eigenvalue weighted by atomic mass is 16.2. The molecule has 110 valence electrons. The van der Waals surface area contributed by atoms with Crippen LogP contribution in [0.5, 0.6) is 0 Å². The fourth-order valence-corrected chi connectivity index (χ4v) is 2.38. The number of carbonyl (C=O) groups excluding carboxylic acids is 1. The van der Waals surface area contributed by atoms with Crippen LogP contribution in [0, 0.1) is 13.8 Å². The Kier molecular flexibility index (Phi) is 4.99. The van der Waals surface area contributed by atoms with Crippen LogP contribution < -0.4 is 10.6 Å². The second-order valence-corrected chi connectivity index (χ2v) is 5.29. The van der Waals surface area contributed by atoms with Crippen molar-refractivity contribution >= 4 is 11.7 Å². The largest absolute Gasteiger partial charge is 0.331 e. The van der Waals surface area contributed by atoms with Gasteiger partial charge in [0.15, 0.2) is 0 Å². The summed E-state index contributed by atoms with van der Waals surface area (Å²) in [7, 11) is 0. The van der Waals surface area contributed by atoms with Gasteiger partial charge in [-0.15, -0.1) is 0 Å². The van der Waals surface area contributed by atoms with Crippen molar-refractivity contribution in [3.63, 3.8) is 0 Å². The molecule has 0 heterocycles. The minimum Gasteiger partial charge on any atom is -0.331 e. The average molecular weight is 282 g/mol. The Morgan fingerprint density at radius 2 is 1.81 bits per heavy atom. The zero-order valence-electron chi connectivity index (χ0n) is 12.8. The van der Waals surface area contributed by atoms with E-state index in [0.717, 1.165) is 23.2 Å². The molecule has 2 N–H and O–H groups in total. The maximum Gasteiger partial charge on any atom is 0.319 e. The van der Waals surface area contributed by atoms with E-state index in [2.05, 4.69) is 23.6 Å². The van der Waals surface area contributed by atoms with E-state index in [-0.39, 0.29) is 12.1 Å². The minimum atomic E-state index is -0.169. The Morgan fingerprint density at radius 1 is 1.10 bits per heavy atom. The number of amides is 2. The summed E-state index contributed by atoms with van der Waals surface area (Å²) < 4.78 is 0. The predicted octanol–water partition coefficient (Wildman–Crippen LogP) is 4.58. The third-order valence-electron chi connectivity index (χ3n) is 3.55. The summed E-state index contributed by atoms with van der Waals surface area (Å²) in [6.07, 6.45) is 0.852. The molecule has 0 aliphatic carbocycles. The molecule has 0 saturated heterocycles. The van der Waals surface area contributed by atoms with Crippen LogP contribution in [-0.4, -0.2) is 6.03 Å². The quantitative estimate of drug-likeness (QED) is 0.847. The van der Waals surface area contributed by atoms with E-state index in [1.807, 2.05) is 56.3 Å². The van der Waals surface area contributed by atoms with Gasteiger partial charge in [0.05, 0.1) is 6.04 Å². The first-order valence-corrected chi connectivity index (χ1v) is 7.30. The van der Waals surface area contributed by atoms with Gasteiger partial charge in [-0.1, -0.05) is 55.0 Å². The summed E-state index contributed by atoms with van der Waals surface area (Å²) in [5.41, 5.74) is 4.23. The van der Waals surface area contributed by atoms with Crippen molar-refractivity contribution in [3.05, 3.63) is 65.2 Å². The fraction of sp³-hybridized carbons (Fsp3) is 0.278. The summed E-state index contributed by atoms with van der Waals surface area (Å²) in [6.45, 7) is 6.10. The van der Waals surface area contributed by atoms with E-state index >= 15 is 0 Å². The van der Waals surface area contributed by atoms with E-state index in [9.17, 15) is 4.79 Å². The summed E-state index contributed by atoms with van der Waals surface area (Å²) in [5, 5.41) is 5.95. The molecule has 0 aromatic heterocycles. The van der Waals surface area contributed by atoms with E-state index in [1.165, 1.54) is 5.56 Å². The standard InChI is InChI=1S/C18H22N2O/c1-4-16(15-8-6-5-7-9-15)19-18(21)20-17-11-10-13(2)12-14(17)3/h5-12,16H,4H2,1-3H3,(H2,19,20,21). The van der Waals surface area contributed by atoms with Crippen LogP contribution in [0.1, 0.15) is 36.1 Å². The van der Waals surface area contributed by atoms with Crippen LogP contribution in [0.25, 0.3) is 0 Å². The van der Waals surface area contributed by atoms with Crippen LogP contribution in [0.3, 0.4) is 0 Å². The van der Waals surface area contributed by atoms with Crippen molar-refractivity contribution in [2.24, 2.45) is 0 Å². The third-order valence-corrected chi connectivity index (χ3v) is 3.55. The summed E-state index contributed by atoms with van der Waals surface area (Å²) in [6, 6.07) is 15.9. The zero-order valence-corrected chi connectivity index (χ0v) is 12.8. The number of hydrogen-bond donors (Lipinski definition) is 2. The monoisotopic (exact) mass is 282 g/mol. The van der Waals surface area contributed by atoms with Crippen LogP contribution in [0.4, 0.5) is 10.5 Å². The Morgan fingerprint density at radius 3 is 2.43 bits per heavy atom. The van der Waals surface area contributed by atoms with Crippen molar-refractivity contribution in [2.45, 2.75) is 33.2 Å². The first kappa shape index (κ1) is 15.1. The number of rotatable bonds is 4. The highest BCUT2D eigenvalue weighted by Gasteiger charge is 2.12. The van der Waals surface area contributed by atoms with Gasteiger partial charge < -0.3 is 10.6 Å². The number of nitrogens with one attached hydrogen (secondary N) is 2. The van der Waals surface area contributed by atoms with E-state index in [1.54, 1.807) is 0 Å². The van der Waals surface area contributed by atoms with Crippen molar-refractivity contribution in [1.29, 1.82) is 0 Å². The Bertz CT molecular complexity index is 608. The first-order chi connectivity index (χ1) is 10.1. The molecule has 2 aromatic rings. The van der Waals surface area contributed by atoms with Gasteiger partial charge >= 0.3 is 6.03 Å². The van der Waals surface area contributed by atoms with Gasteiger partial charge in [-0.3, -0.25) is 0 Å². The lowest BCUT2D eigenvalue weighted by Gasteiger charge is -2.18. The number of urea groups is 1. The second-order valence-electron chi connectivity index (χ2n) is 5.29. The summed E-state index contributed by atoms with van der Waals surface area (Å²) >= 11 is 0. The maximum absolute atomic E-state index is 12.2. The lowest BCUT2D eigenvalue weighted by atomic mass is 10.1. The molecule has 21 heavy (non-hydrogen) atoms. The normalized spacial score (nSPS) is 11.8. The molecular formula is C18H22N2O. The topological polar surface area (TPSA) is 41.1 Å². The van der Waals surface area contributed by atoms with E-state index < -0.39 is 0 Å². The second kappa shape index (κ2) is 6.93. The van der Waals surface area contributed by atoms with Crippen molar-refractivity contribution in [2.75, 3.05) is 5.32 Å². The number of benzene rings is 2. The first-order valence-electron chi connectivity index (χ1n) is 7.30. The summed E-state index contributed by atoms with van der Waals surface area (Å²) in [5.74, 6) is 0. The number of aryl methyl sites for hydroxylation is 2. The lowest BCUT2D eigenvalue weighted by molar-refractivity contribution is 0.248. The average Bonchev–Trinajstić information content (AvgIpc) is 2.48. The minimum absolute atomic E-state index is 0.0250. The van der Waals surface area contributed by atoms with Gasteiger partial charge in [0.25, 0.3) is 0 Å². The molecule has 1 atom stereocenters. The molecule has 0 fully saturated rings. The molecule has 0 radical (unpaired) electrons. The number of hydrogen-bond acceptors (Lipinski definition) is 1. The molecule has 1 unspecified atom stereocenters. The molecule has 0 aliphatic heterocycles. The Hall–Kier alpha value is -2.29. The van der Waals surface area contributed by atoms with Gasteiger partial charge in [-0.25, -0.2) is 4.79 Å². The maximum atomic E-state index is 12.2. The summed E-state index contributed by atoms with van der Waals surface area (Å²) in [4.78, 5) is 12.2. The Labute approximate surface area is 126 Å². The van der Waals surface area contributed by atoms with Crippen LogP contribution in [0.15, 0.2) is 48.5 Å². The molecular weight excluding hydrogens is 260 g/mol. The van der Waals surface area contributed by atoms with Gasteiger partial charge in [0.1, 0.15) is 0 Å². The van der Waals surface area contributed by atoms with Gasteiger partial charge in [0, 0.05) is 5.69 Å². The highest BCUT2D eigenvalue weighted by Crippen LogP contribution is 2.18. The molecule has 3 nitrogen and oxygen atoms in total. The molecule has 2 rings (SSSR count). The zero-order chi connectivity index (χ0) is 15.2. The van der Waals surface area contributed by atoms with Crippen molar-refractivity contribution in [1.82, 2.24) is 5.32 Å². The van der Waals surface area contributed by atoms with Gasteiger partial charge in [0.2, 0.25) is 0 Å². The fourth-order valence-electron chi connectivity index (χ4n) is 2.38. The molecule has 0 aliphatic rings. The molecule has 2 aromatic carbocycles. The molecule has 0 bridgehead atoms. The van der Waals surface area contributed by atoms with Crippen molar-refractivity contribution in [3.8, 4) is 0 Å². The van der Waals surface area contributed by atoms with E-state index in [0.29, 0.717) is 0 Å². The lowest BCUT2D eigenvalue weighted by Crippen LogP contribution is -2.32. The van der Waals surface area contributed by atoms with E-state index in [4.69, 9.17) is 0 Å². The smallest absolute Gasteiger partial charge is 0.319 e. The predicted molar refractivity (Wildman–Crippen MR) is 87.5 cm³/mol. The molecule has 3 heteroatoms. The highest BCUT2D eigenvalue weighted by molar-refractivity contribution is 5.90. The number of anilines is 1.